The van der Waals surface area contributed by atoms with E-state index in [4.69, 9.17) is 11.6 Å². The number of fused-ring (bicyclic) bond motifs is 4. The Bertz CT molecular complexity index is 1340. The molecule has 0 aromatic heterocycles. The molecule has 8 heteroatoms. The Morgan fingerprint density at radius 3 is 2.35 bits per heavy atom. The van der Waals surface area contributed by atoms with Crippen molar-refractivity contribution in [3.8, 4) is 5.75 Å². The summed E-state index contributed by atoms with van der Waals surface area (Å²) in [6.07, 6.45) is 0.409. The number of phenolic OH excluding ortho intramolecular Hbond substituents is 1. The second kappa shape index (κ2) is 7.41. The molecule has 170 valence electrons. The van der Waals surface area contributed by atoms with Crippen LogP contribution in [-0.2, 0) is 26.3 Å². The molecule has 3 heterocycles. The van der Waals surface area contributed by atoms with Crippen LogP contribution in [0.25, 0.3) is 0 Å². The maximum absolute atomic E-state index is 13.9. The van der Waals surface area contributed by atoms with E-state index in [1.165, 1.54) is 4.90 Å². The summed E-state index contributed by atoms with van der Waals surface area (Å²) in [4.78, 5) is 42.3. The molecule has 0 unspecified atom stereocenters. The molecule has 2 saturated heterocycles. The van der Waals surface area contributed by atoms with Crippen LogP contribution < -0.4 is 15.5 Å². The number of phenols is 1. The van der Waals surface area contributed by atoms with Gasteiger partial charge < -0.3 is 10.4 Å². The van der Waals surface area contributed by atoms with Crippen molar-refractivity contribution in [3.05, 3.63) is 88.9 Å². The van der Waals surface area contributed by atoms with Gasteiger partial charge >= 0.3 is 0 Å². The molecular weight excluding hydrogens is 454 g/mol. The van der Waals surface area contributed by atoms with E-state index in [1.54, 1.807) is 54.6 Å². The summed E-state index contributed by atoms with van der Waals surface area (Å²) in [5, 5.41) is 16.5. The predicted octanol–water partition coefficient (Wildman–Crippen LogP) is 3.21. The number of hydrogen-bond donors (Lipinski definition) is 3. The van der Waals surface area contributed by atoms with Gasteiger partial charge in [-0.2, -0.15) is 0 Å². The van der Waals surface area contributed by atoms with Gasteiger partial charge in [-0.3, -0.25) is 19.7 Å². The lowest BCUT2D eigenvalue weighted by Crippen LogP contribution is -2.53. The van der Waals surface area contributed by atoms with Crippen LogP contribution in [0, 0.1) is 11.8 Å². The molecule has 0 aliphatic carbocycles. The Hall–Kier alpha value is -3.68. The van der Waals surface area contributed by atoms with Gasteiger partial charge in [-0.25, -0.2) is 4.90 Å². The van der Waals surface area contributed by atoms with E-state index >= 15 is 0 Å². The first kappa shape index (κ1) is 20.9. The number of para-hydroxylation sites is 1. The van der Waals surface area contributed by atoms with Crippen molar-refractivity contribution in [1.29, 1.82) is 0 Å². The molecule has 3 aromatic carbocycles. The first-order valence-electron chi connectivity index (χ1n) is 11.0. The topological polar surface area (TPSA) is 98.7 Å². The Balaban J connectivity index is 1.48. The van der Waals surface area contributed by atoms with Gasteiger partial charge in [0.25, 0.3) is 0 Å². The fourth-order valence-electron chi connectivity index (χ4n) is 5.66. The number of hydrogen-bond acceptors (Lipinski definition) is 5. The van der Waals surface area contributed by atoms with Gasteiger partial charge in [0.05, 0.1) is 17.5 Å². The number of benzene rings is 3. The summed E-state index contributed by atoms with van der Waals surface area (Å²) >= 11 is 6.02. The molecule has 3 amide bonds. The number of imide groups is 1. The quantitative estimate of drug-likeness (QED) is 0.507. The van der Waals surface area contributed by atoms with Gasteiger partial charge in [0.2, 0.25) is 17.7 Å². The fourth-order valence-corrected chi connectivity index (χ4v) is 5.79. The number of carbonyl (C=O) groups excluding carboxylic acids is 3. The molecule has 3 aromatic rings. The summed E-state index contributed by atoms with van der Waals surface area (Å²) in [6, 6.07) is 20.0. The van der Waals surface area contributed by atoms with E-state index in [-0.39, 0.29) is 17.6 Å². The molecule has 0 saturated carbocycles. The lowest BCUT2D eigenvalue weighted by Gasteiger charge is -2.29. The molecule has 4 atom stereocenters. The molecule has 6 rings (SSSR count). The average Bonchev–Trinajstić information content (AvgIpc) is 3.41. The van der Waals surface area contributed by atoms with Crippen molar-refractivity contribution < 1.29 is 19.5 Å². The van der Waals surface area contributed by atoms with Crippen molar-refractivity contribution in [2.45, 2.75) is 18.0 Å². The van der Waals surface area contributed by atoms with E-state index in [9.17, 15) is 19.5 Å². The lowest BCUT2D eigenvalue weighted by atomic mass is 9.76. The van der Waals surface area contributed by atoms with Crippen molar-refractivity contribution >= 4 is 40.7 Å². The Kier molecular flexibility index (Phi) is 4.56. The Morgan fingerprint density at radius 1 is 0.912 bits per heavy atom. The van der Waals surface area contributed by atoms with Crippen molar-refractivity contribution in [2.75, 3.05) is 10.2 Å². The molecule has 7 nitrogen and oxygen atoms in total. The summed E-state index contributed by atoms with van der Waals surface area (Å²) in [5.74, 6) is -2.60. The van der Waals surface area contributed by atoms with Crippen molar-refractivity contribution in [1.82, 2.24) is 5.32 Å². The number of nitrogens with zero attached hydrogens (tertiary/aromatic N) is 1. The normalized spacial score (nSPS) is 27.3. The van der Waals surface area contributed by atoms with Gasteiger partial charge in [-0.1, -0.05) is 41.9 Å². The largest absolute Gasteiger partial charge is 0.508 e. The van der Waals surface area contributed by atoms with Crippen LogP contribution >= 0.6 is 11.6 Å². The highest BCUT2D eigenvalue weighted by atomic mass is 35.5. The SMILES string of the molecule is O=C1[C@@H]2[C@H](Cc3ccc(O)cc3)N[C@@]3(C(=O)Nc4ccccc43)[C@H]2C(=O)N1c1ccc(Cl)cc1. The molecular formula is C26H20ClN3O4. The number of anilines is 2. The molecule has 0 radical (unpaired) electrons. The number of amides is 3. The summed E-state index contributed by atoms with van der Waals surface area (Å²) < 4.78 is 0. The molecule has 3 N–H and O–H groups in total. The zero-order valence-electron chi connectivity index (χ0n) is 17.9. The van der Waals surface area contributed by atoms with E-state index in [2.05, 4.69) is 10.6 Å². The third kappa shape index (κ3) is 2.84. The lowest BCUT2D eigenvalue weighted by molar-refractivity contribution is -0.130. The Morgan fingerprint density at radius 2 is 1.62 bits per heavy atom. The van der Waals surface area contributed by atoms with Gasteiger partial charge in [-0.05, 0) is 54.4 Å². The van der Waals surface area contributed by atoms with Crippen molar-refractivity contribution in [2.24, 2.45) is 11.8 Å². The monoisotopic (exact) mass is 473 g/mol. The molecule has 3 aliphatic heterocycles. The zero-order valence-corrected chi connectivity index (χ0v) is 18.6. The third-order valence-corrected chi connectivity index (χ3v) is 7.35. The number of carbonyl (C=O) groups is 3. The molecule has 0 bridgehead atoms. The number of aromatic hydroxyl groups is 1. The van der Waals surface area contributed by atoms with Gasteiger partial charge in [0.15, 0.2) is 0 Å². The smallest absolute Gasteiger partial charge is 0.250 e. The molecule has 3 aliphatic rings. The van der Waals surface area contributed by atoms with E-state index in [0.717, 1.165) is 5.56 Å². The minimum atomic E-state index is -1.35. The molecule has 34 heavy (non-hydrogen) atoms. The van der Waals surface area contributed by atoms with Crippen molar-refractivity contribution in [3.63, 3.8) is 0 Å². The summed E-state index contributed by atoms with van der Waals surface area (Å²) in [7, 11) is 0. The van der Waals surface area contributed by atoms with Crippen LogP contribution in [0.3, 0.4) is 0 Å². The molecule has 2 fully saturated rings. The fraction of sp³-hybridized carbons (Fsp3) is 0.192. The highest BCUT2D eigenvalue weighted by Gasteiger charge is 2.70. The van der Waals surface area contributed by atoms with Gasteiger partial charge in [-0.15, -0.1) is 0 Å². The van der Waals surface area contributed by atoms with Crippen LogP contribution in [-0.4, -0.2) is 28.9 Å². The minimum absolute atomic E-state index is 0.141. The van der Waals surface area contributed by atoms with Crippen LogP contribution in [0.5, 0.6) is 5.75 Å². The first-order valence-corrected chi connectivity index (χ1v) is 11.4. The number of nitrogens with one attached hydrogen (secondary N) is 2. The highest BCUT2D eigenvalue weighted by Crippen LogP contribution is 2.53. The first-order chi connectivity index (χ1) is 16.4. The second-order valence-electron chi connectivity index (χ2n) is 8.92. The number of rotatable bonds is 3. The standard InChI is InChI=1S/C26H20ClN3O4/c27-15-7-9-16(10-8-15)30-23(32)21-20(13-14-5-11-17(31)12-6-14)29-26(22(21)24(30)33)18-3-1-2-4-19(18)28-25(26)34/h1-12,20-22,29,31H,13H2,(H,28,34)/t20-,21+,22+,26+/m0/s1. The second-order valence-corrected chi connectivity index (χ2v) is 9.36. The Labute approximate surface area is 200 Å². The highest BCUT2D eigenvalue weighted by molar-refractivity contribution is 6.31. The average molecular weight is 474 g/mol. The van der Waals surface area contributed by atoms with Crippen LogP contribution in [0.4, 0.5) is 11.4 Å². The predicted molar refractivity (Wildman–Crippen MR) is 126 cm³/mol. The third-order valence-electron chi connectivity index (χ3n) is 7.10. The van der Waals surface area contributed by atoms with E-state index < -0.39 is 29.3 Å². The summed E-state index contributed by atoms with van der Waals surface area (Å²) in [6.45, 7) is 0. The van der Waals surface area contributed by atoms with E-state index in [0.29, 0.717) is 28.4 Å². The minimum Gasteiger partial charge on any atom is -0.508 e. The van der Waals surface area contributed by atoms with Gasteiger partial charge in [0, 0.05) is 22.3 Å². The zero-order chi connectivity index (χ0) is 23.6. The maximum atomic E-state index is 13.9. The van der Waals surface area contributed by atoms with E-state index in [1.807, 2.05) is 18.2 Å². The van der Waals surface area contributed by atoms with Crippen LogP contribution in [0.15, 0.2) is 72.8 Å². The van der Waals surface area contributed by atoms with Gasteiger partial charge in [0.1, 0.15) is 11.3 Å². The number of halogens is 1. The van der Waals surface area contributed by atoms with Crippen LogP contribution in [0.2, 0.25) is 5.02 Å². The summed E-state index contributed by atoms with van der Waals surface area (Å²) in [5.41, 5.74) is 1.26. The maximum Gasteiger partial charge on any atom is 0.250 e. The van der Waals surface area contributed by atoms with Crippen LogP contribution in [0.1, 0.15) is 11.1 Å². The molecule has 1 spiro atoms.